The number of aromatic nitrogens is 4. The average Bonchev–Trinajstić information content (AvgIpc) is 3.61. The number of aryl methyl sites for hydroxylation is 1. The van der Waals surface area contributed by atoms with Crippen LogP contribution in [0.4, 0.5) is 17.2 Å². The molecule has 0 aliphatic heterocycles. The van der Waals surface area contributed by atoms with Gasteiger partial charge in [0.2, 0.25) is 5.91 Å². The fourth-order valence-electron chi connectivity index (χ4n) is 3.80. The highest BCUT2D eigenvalue weighted by atomic mass is 16.5. The summed E-state index contributed by atoms with van der Waals surface area (Å²) in [5.74, 6) is -0.327. The second kappa shape index (κ2) is 10.7. The number of hydrogen-bond donors (Lipinski definition) is 4. The smallest absolute Gasteiger partial charge is 0.272 e. The SMILES string of the molecule is [B]C([B])([B])NC(=O)c1nnc(NC(=O)C2CC2)cc1Nc1cccc(-c2cc(C)nn2CCN)c1OC. The molecule has 0 spiro atoms. The third-order valence-electron chi connectivity index (χ3n) is 5.55. The van der Waals surface area contributed by atoms with Crippen molar-refractivity contribution in [2.45, 2.75) is 31.5 Å². The molecule has 3 aromatic rings. The van der Waals surface area contributed by atoms with E-state index in [0.29, 0.717) is 24.5 Å². The lowest BCUT2D eigenvalue weighted by Crippen LogP contribution is -2.50. The van der Waals surface area contributed by atoms with E-state index >= 15 is 0 Å². The summed E-state index contributed by atoms with van der Waals surface area (Å²) in [6.45, 7) is 2.82. The first-order valence-corrected chi connectivity index (χ1v) is 11.7. The Kier molecular flexibility index (Phi) is 7.58. The Morgan fingerprint density at radius 3 is 2.59 bits per heavy atom. The monoisotopic (exact) mass is 494 g/mol. The van der Waals surface area contributed by atoms with Gasteiger partial charge < -0.3 is 26.4 Å². The number of hydrogen-bond acceptors (Lipinski definition) is 8. The first-order chi connectivity index (χ1) is 17.6. The molecule has 2 aromatic heterocycles. The third kappa shape index (κ3) is 6.32. The van der Waals surface area contributed by atoms with Crippen molar-refractivity contribution in [1.29, 1.82) is 0 Å². The Hall–Kier alpha value is -3.80. The molecular formula is C23H25B3N8O3. The second-order valence-corrected chi connectivity index (χ2v) is 8.84. The van der Waals surface area contributed by atoms with Gasteiger partial charge in [-0.1, -0.05) is 11.3 Å². The Morgan fingerprint density at radius 1 is 1.19 bits per heavy atom. The topological polar surface area (TPSA) is 149 Å². The average molecular weight is 494 g/mol. The van der Waals surface area contributed by atoms with Crippen LogP contribution in [0.1, 0.15) is 29.0 Å². The highest BCUT2D eigenvalue weighted by Gasteiger charge is 2.30. The lowest BCUT2D eigenvalue weighted by molar-refractivity contribution is -0.117. The molecule has 11 nitrogen and oxygen atoms in total. The molecule has 14 heteroatoms. The number of ether oxygens (including phenoxy) is 1. The second-order valence-electron chi connectivity index (χ2n) is 8.84. The summed E-state index contributed by atoms with van der Waals surface area (Å²) < 4.78 is 7.56. The van der Waals surface area contributed by atoms with Crippen LogP contribution in [-0.2, 0) is 11.3 Å². The molecule has 6 radical (unpaired) electrons. The van der Waals surface area contributed by atoms with Gasteiger partial charge in [-0.25, -0.2) is 0 Å². The molecule has 1 aliphatic carbocycles. The van der Waals surface area contributed by atoms with Gasteiger partial charge >= 0.3 is 0 Å². The number of carbonyl (C=O) groups excluding carboxylic acids is 2. The summed E-state index contributed by atoms with van der Waals surface area (Å²) >= 11 is 0. The maximum atomic E-state index is 12.8. The number of anilines is 3. The van der Waals surface area contributed by atoms with E-state index in [1.807, 2.05) is 25.1 Å². The van der Waals surface area contributed by atoms with Crippen LogP contribution in [0.15, 0.2) is 30.3 Å². The Labute approximate surface area is 218 Å². The van der Waals surface area contributed by atoms with Gasteiger partial charge in [-0.15, -0.1) is 10.2 Å². The van der Waals surface area contributed by atoms with E-state index in [-0.39, 0.29) is 29.0 Å². The van der Waals surface area contributed by atoms with Crippen LogP contribution in [0.2, 0.25) is 0 Å². The van der Waals surface area contributed by atoms with Crippen LogP contribution in [0.5, 0.6) is 5.75 Å². The normalized spacial score (nSPS) is 13.2. The van der Waals surface area contributed by atoms with Gasteiger partial charge in [0.15, 0.2) is 17.3 Å². The van der Waals surface area contributed by atoms with Crippen LogP contribution in [-0.4, -0.2) is 74.2 Å². The lowest BCUT2D eigenvalue weighted by atomic mass is 9.49. The van der Waals surface area contributed by atoms with Gasteiger partial charge in [-0.2, -0.15) is 5.10 Å². The summed E-state index contributed by atoms with van der Waals surface area (Å²) in [6.07, 6.45) is 1.64. The zero-order valence-electron chi connectivity index (χ0n) is 20.6. The number of amides is 2. The maximum absolute atomic E-state index is 12.8. The van der Waals surface area contributed by atoms with Crippen molar-refractivity contribution in [3.05, 3.63) is 41.7 Å². The van der Waals surface area contributed by atoms with E-state index in [4.69, 9.17) is 34.0 Å². The predicted octanol–water partition coefficient (Wildman–Crippen LogP) is 0.555. The van der Waals surface area contributed by atoms with Crippen molar-refractivity contribution in [1.82, 2.24) is 25.3 Å². The van der Waals surface area contributed by atoms with Crippen molar-refractivity contribution < 1.29 is 14.3 Å². The molecular weight excluding hydrogens is 469 g/mol. The van der Waals surface area contributed by atoms with Crippen LogP contribution in [0, 0.1) is 12.8 Å². The van der Waals surface area contributed by atoms with Crippen LogP contribution in [0.3, 0.4) is 0 Å². The standard InChI is InChI=1S/C23H25B3N8O3/c1-12-10-17(34(33-12)9-8-27)14-4-3-5-15(20(14)37-2)28-16-11-18(29-21(35)13-6-7-13)31-32-19(16)22(36)30-23(24,25)26/h3-5,10-11,13H,6-9,27H2,1-2H3,(H,30,36)(H2,28,29,31,35). The molecule has 1 saturated carbocycles. The first-order valence-electron chi connectivity index (χ1n) is 11.7. The van der Waals surface area contributed by atoms with Gasteiger partial charge in [-0.05, 0) is 38.0 Å². The molecule has 0 bridgehead atoms. The highest BCUT2D eigenvalue weighted by molar-refractivity contribution is 6.60. The molecule has 1 fully saturated rings. The maximum Gasteiger partial charge on any atom is 0.272 e. The quantitative estimate of drug-likeness (QED) is 0.299. The molecule has 4 rings (SSSR count). The summed E-state index contributed by atoms with van der Waals surface area (Å²) in [7, 11) is 18.2. The zero-order valence-corrected chi connectivity index (χ0v) is 20.6. The number of nitrogens with one attached hydrogen (secondary N) is 3. The van der Waals surface area contributed by atoms with E-state index < -0.39 is 11.1 Å². The van der Waals surface area contributed by atoms with Gasteiger partial charge in [0, 0.05) is 24.1 Å². The molecule has 37 heavy (non-hydrogen) atoms. The van der Waals surface area contributed by atoms with Crippen molar-refractivity contribution in [2.24, 2.45) is 11.7 Å². The fourth-order valence-corrected chi connectivity index (χ4v) is 3.80. The predicted molar refractivity (Wildman–Crippen MR) is 142 cm³/mol. The molecule has 1 aromatic carbocycles. The molecule has 1 aliphatic rings. The van der Waals surface area contributed by atoms with E-state index in [9.17, 15) is 9.59 Å². The van der Waals surface area contributed by atoms with Crippen molar-refractivity contribution in [2.75, 3.05) is 24.3 Å². The molecule has 0 unspecified atom stereocenters. The Morgan fingerprint density at radius 2 is 1.95 bits per heavy atom. The van der Waals surface area contributed by atoms with E-state index in [1.54, 1.807) is 10.7 Å². The minimum Gasteiger partial charge on any atom is -0.494 e. The van der Waals surface area contributed by atoms with Crippen LogP contribution >= 0.6 is 0 Å². The number of benzene rings is 1. The van der Waals surface area contributed by atoms with Crippen molar-refractivity contribution in [3.8, 4) is 17.0 Å². The lowest BCUT2D eigenvalue weighted by Gasteiger charge is -2.23. The number of rotatable bonds is 10. The van der Waals surface area contributed by atoms with Crippen LogP contribution in [0.25, 0.3) is 11.3 Å². The van der Waals surface area contributed by atoms with Crippen molar-refractivity contribution in [3.63, 3.8) is 0 Å². The zero-order chi connectivity index (χ0) is 26.7. The minimum absolute atomic E-state index is 0.0490. The molecule has 2 amide bonds. The van der Waals surface area contributed by atoms with Gasteiger partial charge in [0.1, 0.15) is 0 Å². The summed E-state index contributed by atoms with van der Waals surface area (Å²) in [5, 5.41) is 18.6. The molecule has 2 heterocycles. The van der Waals surface area contributed by atoms with E-state index in [2.05, 4.69) is 31.2 Å². The van der Waals surface area contributed by atoms with Gasteiger partial charge in [0.25, 0.3) is 5.91 Å². The summed E-state index contributed by atoms with van der Waals surface area (Å²) in [4.78, 5) is 25.1. The van der Waals surface area contributed by atoms with E-state index in [1.165, 1.54) is 13.2 Å². The fraction of sp³-hybridized carbons (Fsp3) is 0.348. The Bertz CT molecular complexity index is 1320. The number of para-hydroxylation sites is 1. The van der Waals surface area contributed by atoms with Gasteiger partial charge in [0.05, 0.1) is 60.0 Å². The summed E-state index contributed by atoms with van der Waals surface area (Å²) in [6, 6.07) is 8.90. The number of methoxy groups -OCH3 is 1. The largest absolute Gasteiger partial charge is 0.494 e. The third-order valence-corrected chi connectivity index (χ3v) is 5.55. The first kappa shape index (κ1) is 26.3. The number of carbonyl (C=O) groups is 2. The number of nitrogens with two attached hydrogens (primary N) is 1. The summed E-state index contributed by atoms with van der Waals surface area (Å²) in [5.41, 5.74) is 8.73. The number of nitrogens with zero attached hydrogens (tertiary/aromatic N) is 4. The molecule has 0 atom stereocenters. The molecule has 184 valence electrons. The molecule has 5 N–H and O–H groups in total. The van der Waals surface area contributed by atoms with Crippen LogP contribution < -0.4 is 26.4 Å². The van der Waals surface area contributed by atoms with E-state index in [0.717, 1.165) is 29.8 Å². The van der Waals surface area contributed by atoms with Crippen molar-refractivity contribution >= 4 is 52.5 Å². The highest BCUT2D eigenvalue weighted by Crippen LogP contribution is 2.39. The minimum atomic E-state index is -1.98. The Balaban J connectivity index is 1.75. The molecule has 0 saturated heterocycles. The van der Waals surface area contributed by atoms with Gasteiger partial charge in [-0.3, -0.25) is 14.3 Å².